The van der Waals surface area contributed by atoms with Gasteiger partial charge in [0.15, 0.2) is 10.9 Å². The molecular weight excluding hydrogens is 350 g/mol. The summed E-state index contributed by atoms with van der Waals surface area (Å²) in [6, 6.07) is 5.94. The van der Waals surface area contributed by atoms with Crippen molar-refractivity contribution in [3.63, 3.8) is 0 Å². The first-order valence-electron chi connectivity index (χ1n) is 8.62. The molecule has 7 heteroatoms. The average molecular weight is 371 g/mol. The van der Waals surface area contributed by atoms with Crippen molar-refractivity contribution in [1.82, 2.24) is 9.97 Å². The van der Waals surface area contributed by atoms with Gasteiger partial charge < -0.3 is 10.5 Å². The lowest BCUT2D eigenvalue weighted by Gasteiger charge is -2.11. The van der Waals surface area contributed by atoms with Crippen LogP contribution in [0.5, 0.6) is 0 Å². The predicted molar refractivity (Wildman–Crippen MR) is 101 cm³/mol. The second kappa shape index (κ2) is 7.86. The molecule has 0 unspecified atom stereocenters. The van der Waals surface area contributed by atoms with Crippen molar-refractivity contribution in [3.8, 4) is 0 Å². The zero-order valence-corrected chi connectivity index (χ0v) is 15.6. The number of ketones is 1. The van der Waals surface area contributed by atoms with Crippen molar-refractivity contribution >= 4 is 29.3 Å². The van der Waals surface area contributed by atoms with Gasteiger partial charge in [0.05, 0.1) is 11.9 Å². The number of ether oxygens (including phenoxy) is 1. The smallest absolute Gasteiger partial charge is 0.343 e. The second-order valence-corrected chi connectivity index (χ2v) is 7.44. The zero-order valence-electron chi connectivity index (χ0n) is 14.8. The normalized spacial score (nSPS) is 13.9. The van der Waals surface area contributed by atoms with Crippen LogP contribution in [0.25, 0.3) is 0 Å². The summed E-state index contributed by atoms with van der Waals surface area (Å²) in [6.07, 6.45) is 4.62. The van der Waals surface area contributed by atoms with Crippen molar-refractivity contribution in [1.29, 1.82) is 0 Å². The minimum atomic E-state index is -0.552. The number of carbonyl (C=O) groups excluding carboxylic acids is 2. The van der Waals surface area contributed by atoms with Crippen molar-refractivity contribution in [3.05, 3.63) is 46.6 Å². The first kappa shape index (κ1) is 18.4. The number of nitrogens with zero attached hydrogens (tertiary/aromatic N) is 2. The van der Waals surface area contributed by atoms with Crippen molar-refractivity contribution in [2.45, 2.75) is 43.5 Å². The minimum absolute atomic E-state index is 0.0290. The van der Waals surface area contributed by atoms with Gasteiger partial charge >= 0.3 is 5.97 Å². The van der Waals surface area contributed by atoms with Crippen LogP contribution in [-0.4, -0.2) is 33.6 Å². The maximum absolute atomic E-state index is 12.7. The van der Waals surface area contributed by atoms with Crippen molar-refractivity contribution in [2.75, 3.05) is 12.3 Å². The van der Waals surface area contributed by atoms with Gasteiger partial charge in [0, 0.05) is 11.8 Å². The summed E-state index contributed by atoms with van der Waals surface area (Å²) in [5.41, 5.74) is 9.28. The number of hydrogen-bond donors (Lipinski definition) is 1. The molecule has 6 nitrogen and oxygen atoms in total. The van der Waals surface area contributed by atoms with Crippen LogP contribution >= 0.6 is 11.8 Å². The van der Waals surface area contributed by atoms with Gasteiger partial charge in [-0.1, -0.05) is 23.9 Å². The van der Waals surface area contributed by atoms with E-state index < -0.39 is 5.97 Å². The van der Waals surface area contributed by atoms with Crippen LogP contribution in [0, 0.1) is 0 Å². The average Bonchev–Trinajstić information content (AvgIpc) is 3.09. The predicted octanol–water partition coefficient (Wildman–Crippen LogP) is 3.09. The number of benzene rings is 1. The quantitative estimate of drug-likeness (QED) is 0.361. The molecule has 0 fully saturated rings. The summed E-state index contributed by atoms with van der Waals surface area (Å²) < 4.78 is 4.90. The van der Waals surface area contributed by atoms with Gasteiger partial charge in [-0.15, -0.1) is 0 Å². The molecule has 0 radical (unpaired) electrons. The van der Waals surface area contributed by atoms with Gasteiger partial charge in [0.1, 0.15) is 11.4 Å². The molecule has 0 aliphatic heterocycles. The van der Waals surface area contributed by atoms with Crippen molar-refractivity contribution in [2.24, 2.45) is 0 Å². The lowest BCUT2D eigenvalue weighted by Crippen LogP contribution is -2.15. The number of nitrogen functional groups attached to an aromatic ring is 1. The number of fused-ring (bicyclic) bond motifs is 1. The Balaban J connectivity index is 1.71. The summed E-state index contributed by atoms with van der Waals surface area (Å²) in [5, 5.41) is -0.000134. The highest BCUT2D eigenvalue weighted by Crippen LogP contribution is 2.27. The van der Waals surface area contributed by atoms with E-state index >= 15 is 0 Å². The first-order chi connectivity index (χ1) is 12.5. The van der Waals surface area contributed by atoms with Crippen LogP contribution < -0.4 is 5.73 Å². The fraction of sp³-hybridized carbons (Fsp3) is 0.368. The molecule has 3 rings (SSSR count). The van der Waals surface area contributed by atoms with E-state index in [0.717, 1.165) is 19.3 Å². The molecule has 0 saturated heterocycles. The van der Waals surface area contributed by atoms with E-state index in [0.29, 0.717) is 10.7 Å². The summed E-state index contributed by atoms with van der Waals surface area (Å²) in [6.45, 7) is 3.78. The van der Waals surface area contributed by atoms with E-state index in [1.807, 2.05) is 19.1 Å². The van der Waals surface area contributed by atoms with Crippen molar-refractivity contribution < 1.29 is 14.3 Å². The third-order valence-electron chi connectivity index (χ3n) is 4.33. The van der Waals surface area contributed by atoms with Gasteiger partial charge in [-0.2, -0.15) is 0 Å². The van der Waals surface area contributed by atoms with Crippen LogP contribution in [0.1, 0.15) is 52.1 Å². The highest BCUT2D eigenvalue weighted by molar-refractivity contribution is 8.00. The molecule has 0 spiro atoms. The van der Waals surface area contributed by atoms with E-state index in [9.17, 15) is 9.59 Å². The fourth-order valence-corrected chi connectivity index (χ4v) is 3.80. The van der Waals surface area contributed by atoms with Gasteiger partial charge in [0.25, 0.3) is 0 Å². The summed E-state index contributed by atoms with van der Waals surface area (Å²) in [5.74, 6) is -0.469. The summed E-state index contributed by atoms with van der Waals surface area (Å²) >= 11 is 1.22. The topological polar surface area (TPSA) is 95.2 Å². The monoisotopic (exact) mass is 371 g/mol. The van der Waals surface area contributed by atoms with Crippen LogP contribution in [0.4, 0.5) is 5.82 Å². The van der Waals surface area contributed by atoms with E-state index in [4.69, 9.17) is 10.5 Å². The fourth-order valence-electron chi connectivity index (χ4n) is 2.97. The summed E-state index contributed by atoms with van der Waals surface area (Å²) in [4.78, 5) is 32.7. The molecule has 1 aromatic heterocycles. The third kappa shape index (κ3) is 3.88. The Morgan fingerprint density at radius 1 is 1.31 bits per heavy atom. The van der Waals surface area contributed by atoms with E-state index in [1.165, 1.54) is 29.1 Å². The lowest BCUT2D eigenvalue weighted by molar-refractivity contribution is 0.0526. The number of hydrogen-bond acceptors (Lipinski definition) is 7. The molecule has 1 heterocycles. The van der Waals surface area contributed by atoms with Crippen LogP contribution in [0.15, 0.2) is 29.6 Å². The van der Waals surface area contributed by atoms with E-state index in [2.05, 4.69) is 16.0 Å². The number of nitrogens with two attached hydrogens (primary N) is 1. The molecule has 136 valence electrons. The number of aryl methyl sites for hydroxylation is 2. The maximum atomic E-state index is 12.7. The number of carbonyl (C=O) groups is 2. The number of thioether (sulfide) groups is 1. The Bertz CT molecular complexity index is 854. The maximum Gasteiger partial charge on any atom is 0.343 e. The van der Waals surface area contributed by atoms with Gasteiger partial charge in [0.2, 0.25) is 0 Å². The summed E-state index contributed by atoms with van der Waals surface area (Å²) in [7, 11) is 0. The van der Waals surface area contributed by atoms with Gasteiger partial charge in [-0.25, -0.2) is 14.8 Å². The number of anilines is 1. The van der Waals surface area contributed by atoms with E-state index in [1.54, 1.807) is 6.92 Å². The first-order valence-corrected chi connectivity index (χ1v) is 9.50. The highest BCUT2D eigenvalue weighted by Gasteiger charge is 2.21. The van der Waals surface area contributed by atoms with Crippen LogP contribution in [0.2, 0.25) is 0 Å². The molecule has 2 aromatic rings. The largest absolute Gasteiger partial charge is 0.462 e. The van der Waals surface area contributed by atoms with Crippen LogP contribution in [-0.2, 0) is 17.6 Å². The Labute approximate surface area is 156 Å². The number of Topliss-reactive ketones (excluding diaryl/α,β-unsaturated/α-hetero) is 1. The Morgan fingerprint density at radius 3 is 2.81 bits per heavy atom. The van der Waals surface area contributed by atoms with Gasteiger partial charge in [-0.3, -0.25) is 4.79 Å². The SMILES string of the molecule is CCOC(=O)c1cnc(S[C@@H](C)C(=O)c2ccc3c(c2)CCC3)nc1N. The minimum Gasteiger partial charge on any atom is -0.462 e. The molecule has 0 amide bonds. The van der Waals surface area contributed by atoms with E-state index in [-0.39, 0.29) is 29.0 Å². The third-order valence-corrected chi connectivity index (χ3v) is 5.30. The lowest BCUT2D eigenvalue weighted by atomic mass is 10.0. The molecular formula is C19H21N3O3S. The van der Waals surface area contributed by atoms with Gasteiger partial charge in [-0.05, 0) is 50.3 Å². The molecule has 1 atom stereocenters. The number of aromatic nitrogens is 2. The van der Waals surface area contributed by atoms with Crippen LogP contribution in [0.3, 0.4) is 0 Å². The number of esters is 1. The molecule has 1 aromatic carbocycles. The molecule has 2 N–H and O–H groups in total. The molecule has 0 saturated carbocycles. The Hall–Kier alpha value is -2.41. The standard InChI is InChI=1S/C19H21N3O3S/c1-3-25-18(24)15-10-21-19(22-17(15)20)26-11(2)16(23)14-8-7-12-5-4-6-13(12)9-14/h7-11H,3-6H2,1-2H3,(H2,20,21,22)/t11-/m0/s1. The molecule has 26 heavy (non-hydrogen) atoms. The molecule has 1 aliphatic rings. The zero-order chi connectivity index (χ0) is 18.7. The second-order valence-electron chi connectivity index (χ2n) is 6.13. The Morgan fingerprint density at radius 2 is 2.08 bits per heavy atom. The Kier molecular flexibility index (Phi) is 5.56. The number of rotatable bonds is 6. The molecule has 0 bridgehead atoms. The molecule has 1 aliphatic carbocycles. The highest BCUT2D eigenvalue weighted by atomic mass is 32.2.